The van der Waals surface area contributed by atoms with Gasteiger partial charge in [-0.3, -0.25) is 4.79 Å². The second-order valence-corrected chi connectivity index (χ2v) is 13.7. The van der Waals surface area contributed by atoms with E-state index in [0.29, 0.717) is 29.3 Å². The number of nitrogens with zero attached hydrogens (tertiary/aromatic N) is 1. The van der Waals surface area contributed by atoms with E-state index in [2.05, 4.69) is 10.5 Å². The number of sulfone groups is 1. The minimum absolute atomic E-state index is 0.108. The molecule has 3 heterocycles. The van der Waals surface area contributed by atoms with Gasteiger partial charge in [0.05, 0.1) is 21.3 Å². The molecule has 3 aliphatic rings. The van der Waals surface area contributed by atoms with Gasteiger partial charge < -0.3 is 10.2 Å². The van der Waals surface area contributed by atoms with Crippen LogP contribution in [-0.2, 0) is 33.1 Å². The number of benzene rings is 1. The van der Waals surface area contributed by atoms with Crippen LogP contribution >= 0.6 is 34.5 Å². The molecule has 2 aromatic rings. The van der Waals surface area contributed by atoms with Gasteiger partial charge in [0.2, 0.25) is 0 Å². The molecule has 0 radical (unpaired) electrons. The first-order valence-electron chi connectivity index (χ1n) is 11.5. The normalized spacial score (nSPS) is 24.3. The van der Waals surface area contributed by atoms with Crippen molar-refractivity contribution >= 4 is 56.0 Å². The van der Waals surface area contributed by atoms with Crippen molar-refractivity contribution in [1.29, 1.82) is 0 Å². The quantitative estimate of drug-likeness (QED) is 0.571. The summed E-state index contributed by atoms with van der Waals surface area (Å²) in [5, 5.41) is 8.63. The van der Waals surface area contributed by atoms with E-state index >= 15 is 0 Å². The molecule has 34 heavy (non-hydrogen) atoms. The largest absolute Gasteiger partial charge is 0.384 e. The fourth-order valence-corrected chi connectivity index (χ4v) is 8.31. The Morgan fingerprint density at radius 3 is 2.44 bits per heavy atom. The minimum Gasteiger partial charge on any atom is -0.384 e. The number of amides is 1. The van der Waals surface area contributed by atoms with Crippen molar-refractivity contribution in [3.05, 3.63) is 54.7 Å². The molecule has 1 N–H and O–H groups in total. The molecule has 1 saturated heterocycles. The number of hydrogen-bond acceptors (Lipinski definition) is 6. The van der Waals surface area contributed by atoms with Crippen molar-refractivity contribution in [2.24, 2.45) is 5.16 Å². The Hall–Kier alpha value is -1.61. The first kappa shape index (κ1) is 24.1. The van der Waals surface area contributed by atoms with Crippen molar-refractivity contribution in [3.63, 3.8) is 0 Å². The van der Waals surface area contributed by atoms with E-state index in [9.17, 15) is 13.2 Å². The van der Waals surface area contributed by atoms with E-state index in [1.807, 2.05) is 19.1 Å². The number of thiophene rings is 1. The fourth-order valence-electron chi connectivity index (χ4n) is 5.01. The van der Waals surface area contributed by atoms with Crippen LogP contribution in [0.4, 0.5) is 0 Å². The van der Waals surface area contributed by atoms with Crippen LogP contribution in [0.3, 0.4) is 0 Å². The van der Waals surface area contributed by atoms with Gasteiger partial charge in [-0.2, -0.15) is 0 Å². The molecule has 0 spiro atoms. The van der Waals surface area contributed by atoms with Gasteiger partial charge in [-0.15, -0.1) is 11.3 Å². The molecule has 1 aromatic heterocycles. The molecule has 1 amide bonds. The van der Waals surface area contributed by atoms with Gasteiger partial charge in [0.25, 0.3) is 5.91 Å². The van der Waals surface area contributed by atoms with Crippen molar-refractivity contribution in [2.75, 3.05) is 11.5 Å². The predicted octanol–water partition coefficient (Wildman–Crippen LogP) is 5.28. The summed E-state index contributed by atoms with van der Waals surface area (Å²) in [6.45, 7) is 1.97. The van der Waals surface area contributed by atoms with Crippen molar-refractivity contribution in [3.8, 4) is 0 Å². The van der Waals surface area contributed by atoms with Gasteiger partial charge in [0, 0.05) is 28.1 Å². The molecule has 1 aliphatic carbocycles. The van der Waals surface area contributed by atoms with Crippen LogP contribution in [-0.4, -0.2) is 37.6 Å². The topological polar surface area (TPSA) is 84.8 Å². The van der Waals surface area contributed by atoms with Gasteiger partial charge >= 0.3 is 0 Å². The summed E-state index contributed by atoms with van der Waals surface area (Å²) in [6.07, 6.45) is 5.39. The highest BCUT2D eigenvalue weighted by Gasteiger charge is 2.39. The zero-order valence-electron chi connectivity index (χ0n) is 18.8. The summed E-state index contributed by atoms with van der Waals surface area (Å²) in [4.78, 5) is 20.9. The monoisotopic (exact) mass is 540 g/mol. The molecule has 6 nitrogen and oxygen atoms in total. The third-order valence-corrected chi connectivity index (χ3v) is 10.4. The highest BCUT2D eigenvalue weighted by Crippen LogP contribution is 2.42. The Labute approximate surface area is 213 Å². The second kappa shape index (κ2) is 9.12. The highest BCUT2D eigenvalue weighted by atomic mass is 35.5. The predicted molar refractivity (Wildman–Crippen MR) is 136 cm³/mol. The van der Waals surface area contributed by atoms with Crippen LogP contribution in [0.5, 0.6) is 0 Å². The molecule has 10 heteroatoms. The Morgan fingerprint density at radius 2 is 1.76 bits per heavy atom. The number of hydrogen-bond donors (Lipinski definition) is 1. The summed E-state index contributed by atoms with van der Waals surface area (Å²) >= 11 is 13.9. The lowest BCUT2D eigenvalue weighted by Crippen LogP contribution is -2.40. The first-order chi connectivity index (χ1) is 16.1. The number of carbonyl (C=O) groups excluding carboxylic acids is 1. The molecule has 0 saturated carbocycles. The molecule has 1 atom stereocenters. The van der Waals surface area contributed by atoms with Crippen molar-refractivity contribution < 1.29 is 18.0 Å². The number of halogens is 2. The average Bonchev–Trinajstić information content (AvgIpc) is 3.36. The summed E-state index contributed by atoms with van der Waals surface area (Å²) in [5.74, 6) is 0.153. The molecule has 2 aliphatic heterocycles. The summed E-state index contributed by atoms with van der Waals surface area (Å²) in [5.41, 5.74) is 3.31. The van der Waals surface area contributed by atoms with Gasteiger partial charge in [0.15, 0.2) is 5.60 Å². The number of carbonyl (C=O) groups is 1. The standard InChI is InChI=1S/C24H26Cl2N2O4S2/c1-24(14-10-15(25)12-16(26)11-14)13-20(28-32-24)21-18-4-2-3-5-19(18)22(33-21)23(29)27-17-6-8-34(30,31)9-7-17/h10-12,17H,2-9,13H2,1H3,(H,27,29). The molecule has 1 fully saturated rings. The molecule has 1 aromatic carbocycles. The lowest BCUT2D eigenvalue weighted by atomic mass is 9.87. The van der Waals surface area contributed by atoms with Crippen LogP contribution in [0.2, 0.25) is 10.0 Å². The summed E-state index contributed by atoms with van der Waals surface area (Å²) in [7, 11) is -2.97. The van der Waals surface area contributed by atoms with Gasteiger partial charge in [-0.1, -0.05) is 28.4 Å². The molecular weight excluding hydrogens is 515 g/mol. The lowest BCUT2D eigenvalue weighted by Gasteiger charge is -2.23. The van der Waals surface area contributed by atoms with Crippen LogP contribution in [0.1, 0.15) is 70.3 Å². The number of nitrogens with one attached hydrogen (secondary N) is 1. The Morgan fingerprint density at radius 1 is 1.12 bits per heavy atom. The molecule has 182 valence electrons. The van der Waals surface area contributed by atoms with Gasteiger partial charge in [0.1, 0.15) is 15.5 Å². The second-order valence-electron chi connectivity index (χ2n) is 9.52. The van der Waals surface area contributed by atoms with E-state index in [-0.39, 0.29) is 23.5 Å². The third kappa shape index (κ3) is 4.74. The number of rotatable bonds is 4. The zero-order valence-corrected chi connectivity index (χ0v) is 22.0. The van der Waals surface area contributed by atoms with E-state index in [4.69, 9.17) is 28.0 Å². The van der Waals surface area contributed by atoms with Crippen molar-refractivity contribution in [1.82, 2.24) is 5.32 Å². The zero-order chi connectivity index (χ0) is 24.1. The fraction of sp³-hybridized carbons (Fsp3) is 0.500. The first-order valence-corrected chi connectivity index (χ1v) is 14.9. The van der Waals surface area contributed by atoms with E-state index in [1.54, 1.807) is 6.07 Å². The van der Waals surface area contributed by atoms with Gasteiger partial charge in [-0.05, 0) is 74.8 Å². The third-order valence-electron chi connectivity index (χ3n) is 6.91. The molecule has 1 unspecified atom stereocenters. The average molecular weight is 542 g/mol. The Kier molecular flexibility index (Phi) is 6.46. The highest BCUT2D eigenvalue weighted by molar-refractivity contribution is 7.91. The van der Waals surface area contributed by atoms with Crippen LogP contribution in [0.25, 0.3) is 0 Å². The van der Waals surface area contributed by atoms with E-state index in [0.717, 1.165) is 52.3 Å². The van der Waals surface area contributed by atoms with Gasteiger partial charge in [-0.25, -0.2) is 8.42 Å². The van der Waals surface area contributed by atoms with Crippen LogP contribution in [0, 0.1) is 0 Å². The number of oxime groups is 1. The summed E-state index contributed by atoms with van der Waals surface area (Å²) in [6, 6.07) is 5.27. The SMILES string of the molecule is CC1(c2cc(Cl)cc(Cl)c2)CC(c2sc(C(=O)NC3CCS(=O)(=O)CC3)c3c2CCCC3)=NO1. The molecular formula is C24H26Cl2N2O4S2. The Bertz CT molecular complexity index is 1250. The van der Waals surface area contributed by atoms with Crippen LogP contribution in [0.15, 0.2) is 23.4 Å². The maximum absolute atomic E-state index is 13.2. The molecule has 5 rings (SSSR count). The Balaban J connectivity index is 1.39. The number of fused-ring (bicyclic) bond motifs is 1. The molecule has 0 bridgehead atoms. The van der Waals surface area contributed by atoms with E-state index in [1.165, 1.54) is 16.9 Å². The van der Waals surface area contributed by atoms with Crippen LogP contribution < -0.4 is 5.32 Å². The minimum atomic E-state index is -2.97. The lowest BCUT2D eigenvalue weighted by molar-refractivity contribution is -0.00737. The maximum atomic E-state index is 13.2. The maximum Gasteiger partial charge on any atom is 0.261 e. The smallest absolute Gasteiger partial charge is 0.261 e. The van der Waals surface area contributed by atoms with Crippen molar-refractivity contribution in [2.45, 2.75) is 63.5 Å². The summed E-state index contributed by atoms with van der Waals surface area (Å²) < 4.78 is 23.5. The van der Waals surface area contributed by atoms with E-state index < -0.39 is 15.4 Å².